The number of furan rings is 1. The van der Waals surface area contributed by atoms with Gasteiger partial charge in [0.05, 0.1) is 18.8 Å². The number of aryl methyl sites for hydroxylation is 1. The third-order valence-electron chi connectivity index (χ3n) is 5.21. The molecule has 0 unspecified atom stereocenters. The van der Waals surface area contributed by atoms with Gasteiger partial charge in [0.15, 0.2) is 5.76 Å². The van der Waals surface area contributed by atoms with Gasteiger partial charge in [-0.25, -0.2) is 0 Å². The molecule has 0 N–H and O–H groups in total. The lowest BCUT2D eigenvalue weighted by Gasteiger charge is -2.38. The van der Waals surface area contributed by atoms with Gasteiger partial charge in [-0.1, -0.05) is 18.2 Å². The van der Waals surface area contributed by atoms with Crippen LogP contribution < -0.4 is 0 Å². The number of carbonyl (C=O) groups is 1. The lowest BCUT2D eigenvalue weighted by atomic mass is 10.1. The molecule has 2 aliphatic rings. The molecule has 24 heavy (non-hydrogen) atoms. The van der Waals surface area contributed by atoms with E-state index >= 15 is 0 Å². The normalized spacial score (nSPS) is 26.8. The molecule has 0 bridgehead atoms. The molecule has 2 aromatic rings. The Balaban J connectivity index is 1.62. The standard InChI is InChI=1S/C19H23NO4/c1-3-22-16-9-8-14-18(16)23-11-10-20(14)19(21)17-12(2)13-6-4-5-7-15(13)24-17/h4-7,14,16,18H,3,8-11H2,1-2H3/t14-,16+,18+/m1/s1. The van der Waals surface area contributed by atoms with E-state index in [2.05, 4.69) is 0 Å². The number of para-hydroxylation sites is 1. The second-order valence-electron chi connectivity index (χ2n) is 6.52. The van der Waals surface area contributed by atoms with Gasteiger partial charge in [-0.3, -0.25) is 4.79 Å². The number of rotatable bonds is 3. The molecule has 3 atom stereocenters. The van der Waals surface area contributed by atoms with Crippen LogP contribution in [0.1, 0.15) is 35.9 Å². The molecule has 1 aromatic heterocycles. The van der Waals surface area contributed by atoms with E-state index in [1.165, 1.54) is 0 Å². The molecule has 5 heteroatoms. The van der Waals surface area contributed by atoms with E-state index in [-0.39, 0.29) is 24.2 Å². The van der Waals surface area contributed by atoms with Gasteiger partial charge in [-0.15, -0.1) is 0 Å². The summed E-state index contributed by atoms with van der Waals surface area (Å²) in [5.41, 5.74) is 1.68. The third-order valence-corrected chi connectivity index (χ3v) is 5.21. The first kappa shape index (κ1) is 15.7. The molecule has 0 spiro atoms. The number of hydrogen-bond acceptors (Lipinski definition) is 4. The first-order valence-electron chi connectivity index (χ1n) is 8.73. The molecule has 0 radical (unpaired) electrons. The van der Waals surface area contributed by atoms with E-state index in [9.17, 15) is 4.79 Å². The monoisotopic (exact) mass is 329 g/mol. The van der Waals surface area contributed by atoms with Crippen molar-refractivity contribution in [1.29, 1.82) is 0 Å². The zero-order valence-electron chi connectivity index (χ0n) is 14.2. The van der Waals surface area contributed by atoms with Crippen molar-refractivity contribution in [2.75, 3.05) is 19.8 Å². The average molecular weight is 329 g/mol. The van der Waals surface area contributed by atoms with Gasteiger partial charge in [-0.2, -0.15) is 0 Å². The molecule has 2 fully saturated rings. The van der Waals surface area contributed by atoms with Crippen LogP contribution in [0, 0.1) is 6.92 Å². The summed E-state index contributed by atoms with van der Waals surface area (Å²) in [7, 11) is 0. The van der Waals surface area contributed by atoms with Crippen LogP contribution in [0.5, 0.6) is 0 Å². The summed E-state index contributed by atoms with van der Waals surface area (Å²) in [6.07, 6.45) is 1.92. The quantitative estimate of drug-likeness (QED) is 0.868. The Morgan fingerprint density at radius 3 is 2.96 bits per heavy atom. The minimum Gasteiger partial charge on any atom is -0.451 e. The molecule has 1 amide bonds. The van der Waals surface area contributed by atoms with Crippen molar-refractivity contribution >= 4 is 16.9 Å². The van der Waals surface area contributed by atoms with E-state index in [1.54, 1.807) is 0 Å². The first-order chi connectivity index (χ1) is 11.7. The van der Waals surface area contributed by atoms with Crippen molar-refractivity contribution in [3.05, 3.63) is 35.6 Å². The van der Waals surface area contributed by atoms with Gasteiger partial charge in [0, 0.05) is 24.1 Å². The Kier molecular flexibility index (Phi) is 4.06. The molecule has 4 rings (SSSR count). The van der Waals surface area contributed by atoms with Crippen LogP contribution in [0.15, 0.2) is 28.7 Å². The first-order valence-corrected chi connectivity index (χ1v) is 8.73. The van der Waals surface area contributed by atoms with E-state index in [4.69, 9.17) is 13.9 Å². The molecule has 1 saturated heterocycles. The third kappa shape index (κ3) is 2.43. The smallest absolute Gasteiger partial charge is 0.290 e. The second kappa shape index (κ2) is 6.22. The minimum atomic E-state index is -0.0286. The van der Waals surface area contributed by atoms with Crippen molar-refractivity contribution in [2.24, 2.45) is 0 Å². The Hall–Kier alpha value is -1.85. The molecule has 1 aliphatic carbocycles. The van der Waals surface area contributed by atoms with Crippen molar-refractivity contribution < 1.29 is 18.7 Å². The van der Waals surface area contributed by atoms with Crippen LogP contribution in [0.3, 0.4) is 0 Å². The number of hydrogen-bond donors (Lipinski definition) is 0. The SMILES string of the molecule is CCO[C@H]1CC[C@@H]2[C@@H]1OCCN2C(=O)c1oc2ccccc2c1C. The number of amides is 1. The topological polar surface area (TPSA) is 51.9 Å². The molecule has 2 heterocycles. The van der Waals surface area contributed by atoms with Gasteiger partial charge < -0.3 is 18.8 Å². The van der Waals surface area contributed by atoms with Crippen LogP contribution in [0.25, 0.3) is 11.0 Å². The van der Waals surface area contributed by atoms with Gasteiger partial charge in [0.2, 0.25) is 0 Å². The summed E-state index contributed by atoms with van der Waals surface area (Å²) in [4.78, 5) is 15.1. The zero-order valence-corrected chi connectivity index (χ0v) is 14.2. The highest BCUT2D eigenvalue weighted by atomic mass is 16.5. The fourth-order valence-electron chi connectivity index (χ4n) is 4.07. The van der Waals surface area contributed by atoms with Gasteiger partial charge >= 0.3 is 0 Å². The van der Waals surface area contributed by atoms with Crippen LogP contribution in [-0.4, -0.2) is 48.8 Å². The largest absolute Gasteiger partial charge is 0.451 e. The lowest BCUT2D eigenvalue weighted by Crippen LogP contribution is -2.53. The van der Waals surface area contributed by atoms with Gasteiger partial charge in [0.25, 0.3) is 5.91 Å². The number of carbonyl (C=O) groups excluding carboxylic acids is 1. The Morgan fingerprint density at radius 1 is 1.33 bits per heavy atom. The molecule has 1 saturated carbocycles. The van der Waals surface area contributed by atoms with Crippen LogP contribution in [-0.2, 0) is 9.47 Å². The van der Waals surface area contributed by atoms with Gasteiger partial charge in [-0.05, 0) is 32.8 Å². The summed E-state index contributed by atoms with van der Waals surface area (Å²) in [6, 6.07) is 7.87. The number of benzene rings is 1. The lowest BCUT2D eigenvalue weighted by molar-refractivity contribution is -0.103. The van der Waals surface area contributed by atoms with Crippen molar-refractivity contribution in [3.8, 4) is 0 Å². The fraction of sp³-hybridized carbons (Fsp3) is 0.526. The van der Waals surface area contributed by atoms with E-state index in [1.807, 2.05) is 43.0 Å². The maximum absolute atomic E-state index is 13.1. The van der Waals surface area contributed by atoms with Crippen molar-refractivity contribution in [2.45, 2.75) is 44.9 Å². The summed E-state index contributed by atoms with van der Waals surface area (Å²) < 4.78 is 17.6. The molecule has 128 valence electrons. The zero-order chi connectivity index (χ0) is 16.7. The highest BCUT2D eigenvalue weighted by molar-refractivity contribution is 5.99. The van der Waals surface area contributed by atoms with Gasteiger partial charge in [0.1, 0.15) is 11.7 Å². The predicted octanol–water partition coefficient (Wildman–Crippen LogP) is 3.15. The molecule has 1 aromatic carbocycles. The number of fused-ring (bicyclic) bond motifs is 2. The van der Waals surface area contributed by atoms with E-state index < -0.39 is 0 Å². The minimum absolute atomic E-state index is 0.0210. The Bertz CT molecular complexity index is 753. The van der Waals surface area contributed by atoms with Crippen molar-refractivity contribution in [3.63, 3.8) is 0 Å². The van der Waals surface area contributed by atoms with Crippen LogP contribution in [0.2, 0.25) is 0 Å². The molecule has 1 aliphatic heterocycles. The second-order valence-corrected chi connectivity index (χ2v) is 6.52. The molecular weight excluding hydrogens is 306 g/mol. The highest BCUT2D eigenvalue weighted by Crippen LogP contribution is 2.34. The maximum Gasteiger partial charge on any atom is 0.290 e. The Labute approximate surface area is 141 Å². The van der Waals surface area contributed by atoms with Crippen molar-refractivity contribution in [1.82, 2.24) is 4.90 Å². The number of nitrogens with zero attached hydrogens (tertiary/aromatic N) is 1. The van der Waals surface area contributed by atoms with Crippen LogP contribution in [0.4, 0.5) is 0 Å². The number of morpholine rings is 1. The number of ether oxygens (including phenoxy) is 2. The maximum atomic E-state index is 13.1. The average Bonchev–Trinajstić information content (AvgIpc) is 3.17. The molecular formula is C19H23NO4. The Morgan fingerprint density at radius 2 is 2.17 bits per heavy atom. The molecule has 5 nitrogen and oxygen atoms in total. The van der Waals surface area contributed by atoms with Crippen LogP contribution >= 0.6 is 0 Å². The summed E-state index contributed by atoms with van der Waals surface area (Å²) in [5, 5.41) is 1.00. The highest BCUT2D eigenvalue weighted by Gasteiger charge is 2.45. The fourth-order valence-corrected chi connectivity index (χ4v) is 4.07. The van der Waals surface area contributed by atoms with E-state index in [0.29, 0.717) is 25.5 Å². The summed E-state index contributed by atoms with van der Waals surface area (Å²) in [5.74, 6) is 0.427. The van der Waals surface area contributed by atoms with E-state index in [0.717, 1.165) is 29.4 Å². The summed E-state index contributed by atoms with van der Waals surface area (Å²) in [6.45, 7) is 5.78. The summed E-state index contributed by atoms with van der Waals surface area (Å²) >= 11 is 0. The predicted molar refractivity (Wildman–Crippen MR) is 90.2 cm³/mol.